The molecule has 0 aromatic heterocycles. The summed E-state index contributed by atoms with van der Waals surface area (Å²) in [5, 5.41) is 0.225. The summed E-state index contributed by atoms with van der Waals surface area (Å²) in [5.74, 6) is -0.818. The molecule has 0 saturated heterocycles. The van der Waals surface area contributed by atoms with E-state index in [1.165, 1.54) is 30.3 Å². The van der Waals surface area contributed by atoms with E-state index in [9.17, 15) is 12.8 Å². The summed E-state index contributed by atoms with van der Waals surface area (Å²) in [7, 11) is -4.01. The lowest BCUT2D eigenvalue weighted by Gasteiger charge is -2.10. The summed E-state index contributed by atoms with van der Waals surface area (Å²) in [6.07, 6.45) is 0. The predicted molar refractivity (Wildman–Crippen MR) is 76.4 cm³/mol. The number of rotatable bonds is 3. The van der Waals surface area contributed by atoms with Gasteiger partial charge in [-0.15, -0.1) is 0 Å². The quantitative estimate of drug-likeness (QED) is 0.893. The largest absolute Gasteiger partial charge is 0.278 e. The molecule has 2 rings (SSSR count). The minimum atomic E-state index is -4.01. The average Bonchev–Trinajstić information content (AvgIpc) is 2.34. The minimum absolute atomic E-state index is 0.180. The average molecular weight is 365 g/mol. The van der Waals surface area contributed by atoms with Gasteiger partial charge in [-0.05, 0) is 30.3 Å². The van der Waals surface area contributed by atoms with E-state index >= 15 is 0 Å². The Morgan fingerprint density at radius 2 is 1.84 bits per heavy atom. The van der Waals surface area contributed by atoms with E-state index in [4.69, 9.17) is 11.6 Å². The standard InChI is InChI=1S/C12H8BrClFNO2S/c13-8-5-6-9(14)11(7-8)16-19(17,18)12-4-2-1-3-10(12)15/h1-7,16H. The van der Waals surface area contributed by atoms with Crippen molar-refractivity contribution < 1.29 is 12.8 Å². The van der Waals surface area contributed by atoms with Crippen molar-refractivity contribution in [1.29, 1.82) is 0 Å². The lowest BCUT2D eigenvalue weighted by Crippen LogP contribution is -2.14. The van der Waals surface area contributed by atoms with Crippen LogP contribution in [-0.4, -0.2) is 8.42 Å². The van der Waals surface area contributed by atoms with Gasteiger partial charge in [-0.2, -0.15) is 0 Å². The molecule has 0 radical (unpaired) electrons. The Kier molecular flexibility index (Phi) is 4.13. The Morgan fingerprint density at radius 3 is 2.53 bits per heavy atom. The van der Waals surface area contributed by atoms with Gasteiger partial charge >= 0.3 is 0 Å². The summed E-state index contributed by atoms with van der Waals surface area (Å²) in [5.41, 5.74) is 0.180. The van der Waals surface area contributed by atoms with E-state index in [0.29, 0.717) is 4.47 Å². The number of hydrogen-bond donors (Lipinski definition) is 1. The van der Waals surface area contributed by atoms with E-state index in [1.54, 1.807) is 6.07 Å². The second kappa shape index (κ2) is 5.48. The van der Waals surface area contributed by atoms with Gasteiger partial charge in [-0.3, -0.25) is 4.72 Å². The monoisotopic (exact) mass is 363 g/mol. The molecule has 0 atom stereocenters. The number of benzene rings is 2. The van der Waals surface area contributed by atoms with Gasteiger partial charge < -0.3 is 0 Å². The first-order valence-electron chi connectivity index (χ1n) is 5.12. The summed E-state index contributed by atoms with van der Waals surface area (Å²) in [6.45, 7) is 0. The Balaban J connectivity index is 2.43. The van der Waals surface area contributed by atoms with Gasteiger partial charge in [0.1, 0.15) is 10.7 Å². The van der Waals surface area contributed by atoms with Gasteiger partial charge in [-0.25, -0.2) is 12.8 Å². The van der Waals surface area contributed by atoms with Crippen molar-refractivity contribution in [2.24, 2.45) is 0 Å². The zero-order valence-electron chi connectivity index (χ0n) is 9.40. The maximum atomic E-state index is 13.5. The molecule has 19 heavy (non-hydrogen) atoms. The molecule has 0 fully saturated rings. The second-order valence-corrected chi connectivity index (χ2v) is 6.63. The third-order valence-electron chi connectivity index (χ3n) is 2.30. The Hall–Kier alpha value is -1.11. The van der Waals surface area contributed by atoms with Crippen LogP contribution in [0.2, 0.25) is 5.02 Å². The molecule has 0 spiro atoms. The first-order chi connectivity index (χ1) is 8.90. The van der Waals surface area contributed by atoms with Gasteiger partial charge in [0.2, 0.25) is 0 Å². The van der Waals surface area contributed by atoms with Gasteiger partial charge in [0.05, 0.1) is 10.7 Å². The molecule has 2 aromatic carbocycles. The molecule has 3 nitrogen and oxygen atoms in total. The molecule has 0 bridgehead atoms. The van der Waals surface area contributed by atoms with Crippen LogP contribution in [0.5, 0.6) is 0 Å². The van der Waals surface area contributed by atoms with E-state index < -0.39 is 20.7 Å². The lowest BCUT2D eigenvalue weighted by atomic mass is 10.3. The van der Waals surface area contributed by atoms with Crippen molar-refractivity contribution in [2.75, 3.05) is 4.72 Å². The van der Waals surface area contributed by atoms with Crippen LogP contribution in [0.25, 0.3) is 0 Å². The molecular weight excluding hydrogens is 357 g/mol. The van der Waals surface area contributed by atoms with Crippen molar-refractivity contribution in [3.05, 3.63) is 57.8 Å². The van der Waals surface area contributed by atoms with Crippen LogP contribution in [0.15, 0.2) is 51.8 Å². The van der Waals surface area contributed by atoms with E-state index in [2.05, 4.69) is 20.7 Å². The fourth-order valence-corrected chi connectivity index (χ4v) is 3.17. The van der Waals surface area contributed by atoms with Crippen LogP contribution >= 0.6 is 27.5 Å². The van der Waals surface area contributed by atoms with Crippen LogP contribution in [0.4, 0.5) is 10.1 Å². The molecule has 2 aromatic rings. The molecule has 0 aliphatic carbocycles. The van der Waals surface area contributed by atoms with Crippen LogP contribution in [0, 0.1) is 5.82 Å². The number of anilines is 1. The molecule has 0 unspecified atom stereocenters. The molecule has 0 heterocycles. The van der Waals surface area contributed by atoms with Crippen molar-refractivity contribution in [3.63, 3.8) is 0 Å². The molecular formula is C12H8BrClFNO2S. The normalized spacial score (nSPS) is 11.3. The van der Waals surface area contributed by atoms with Gasteiger partial charge in [-0.1, -0.05) is 39.7 Å². The smallest absolute Gasteiger partial charge is 0.264 e. The highest BCUT2D eigenvalue weighted by Crippen LogP contribution is 2.28. The van der Waals surface area contributed by atoms with Crippen LogP contribution in [-0.2, 0) is 10.0 Å². The summed E-state index contributed by atoms with van der Waals surface area (Å²) < 4.78 is 40.5. The molecule has 0 aliphatic rings. The van der Waals surface area contributed by atoms with Gasteiger partial charge in [0.15, 0.2) is 0 Å². The Morgan fingerprint density at radius 1 is 1.16 bits per heavy atom. The maximum absolute atomic E-state index is 13.5. The number of sulfonamides is 1. The van der Waals surface area contributed by atoms with Crippen LogP contribution in [0.1, 0.15) is 0 Å². The molecule has 7 heteroatoms. The third kappa shape index (κ3) is 3.26. The number of hydrogen-bond acceptors (Lipinski definition) is 2. The van der Waals surface area contributed by atoms with Crippen molar-refractivity contribution in [2.45, 2.75) is 4.90 Å². The molecule has 100 valence electrons. The fourth-order valence-electron chi connectivity index (χ4n) is 1.44. The van der Waals surface area contributed by atoms with Crippen molar-refractivity contribution >= 4 is 43.2 Å². The Bertz CT molecular complexity index is 721. The zero-order valence-corrected chi connectivity index (χ0v) is 12.6. The van der Waals surface area contributed by atoms with Crippen molar-refractivity contribution in [3.8, 4) is 0 Å². The summed E-state index contributed by atoms with van der Waals surface area (Å²) >= 11 is 9.10. The zero-order chi connectivity index (χ0) is 14.0. The van der Waals surface area contributed by atoms with E-state index in [-0.39, 0.29) is 10.7 Å². The number of nitrogens with one attached hydrogen (secondary N) is 1. The minimum Gasteiger partial charge on any atom is -0.278 e. The highest BCUT2D eigenvalue weighted by Gasteiger charge is 2.19. The SMILES string of the molecule is O=S(=O)(Nc1cc(Br)ccc1Cl)c1ccccc1F. The van der Waals surface area contributed by atoms with Crippen LogP contribution < -0.4 is 4.72 Å². The predicted octanol–water partition coefficient (Wildman–Crippen LogP) is 4.04. The lowest BCUT2D eigenvalue weighted by molar-refractivity contribution is 0.570. The summed E-state index contributed by atoms with van der Waals surface area (Å²) in [6, 6.07) is 9.83. The van der Waals surface area contributed by atoms with Gasteiger partial charge in [0, 0.05) is 4.47 Å². The molecule has 1 N–H and O–H groups in total. The molecule has 0 amide bonds. The maximum Gasteiger partial charge on any atom is 0.264 e. The molecule has 0 saturated carbocycles. The van der Waals surface area contributed by atoms with Crippen molar-refractivity contribution in [1.82, 2.24) is 0 Å². The highest BCUT2D eigenvalue weighted by atomic mass is 79.9. The van der Waals surface area contributed by atoms with Gasteiger partial charge in [0.25, 0.3) is 10.0 Å². The first kappa shape index (κ1) is 14.3. The second-order valence-electron chi connectivity index (χ2n) is 3.66. The van der Waals surface area contributed by atoms with E-state index in [0.717, 1.165) is 6.07 Å². The topological polar surface area (TPSA) is 46.2 Å². The highest BCUT2D eigenvalue weighted by molar-refractivity contribution is 9.10. The fraction of sp³-hybridized carbons (Fsp3) is 0. The Labute approximate surface area is 123 Å². The molecule has 0 aliphatic heterocycles. The first-order valence-corrected chi connectivity index (χ1v) is 7.78. The van der Waals surface area contributed by atoms with Crippen LogP contribution in [0.3, 0.4) is 0 Å². The summed E-state index contributed by atoms with van der Waals surface area (Å²) in [4.78, 5) is -0.425. The number of halogens is 3. The van der Waals surface area contributed by atoms with E-state index in [1.807, 2.05) is 0 Å². The third-order valence-corrected chi connectivity index (χ3v) is 4.52.